The van der Waals surface area contributed by atoms with Gasteiger partial charge in [0.1, 0.15) is 17.9 Å². The van der Waals surface area contributed by atoms with Crippen LogP contribution >= 0.6 is 0 Å². The van der Waals surface area contributed by atoms with E-state index >= 15 is 4.39 Å². The number of carbonyl (C=O) groups excluding carboxylic acids is 1. The molecule has 0 bridgehead atoms. The van der Waals surface area contributed by atoms with Gasteiger partial charge < -0.3 is 25.6 Å². The quantitative estimate of drug-likeness (QED) is 0.207. The normalized spacial score (nSPS) is 16.9. The summed E-state index contributed by atoms with van der Waals surface area (Å²) >= 11 is 0. The smallest absolute Gasteiger partial charge is 0.416 e. The number of anilines is 3. The number of aryl methyl sites for hydroxylation is 1. The van der Waals surface area contributed by atoms with Gasteiger partial charge in [0.15, 0.2) is 5.82 Å². The highest BCUT2D eigenvalue weighted by atomic mass is 19.4. The summed E-state index contributed by atoms with van der Waals surface area (Å²) in [4.78, 5) is 32.3. The van der Waals surface area contributed by atoms with E-state index in [9.17, 15) is 18.0 Å². The molecule has 44 heavy (non-hydrogen) atoms. The third kappa shape index (κ3) is 6.54. The number of carbonyl (C=O) groups is 1. The van der Waals surface area contributed by atoms with Crippen LogP contribution in [0.2, 0.25) is 0 Å². The van der Waals surface area contributed by atoms with Crippen LogP contribution in [0.1, 0.15) is 34.8 Å². The molecule has 2 atom stereocenters. The molecular formula is C30H30F4N8O2. The van der Waals surface area contributed by atoms with Crippen molar-refractivity contribution in [1.29, 1.82) is 0 Å². The van der Waals surface area contributed by atoms with Crippen molar-refractivity contribution in [3.05, 3.63) is 77.5 Å². The Kier molecular flexibility index (Phi) is 8.63. The highest BCUT2D eigenvalue weighted by Gasteiger charge is 2.33. The van der Waals surface area contributed by atoms with Crippen LogP contribution in [0.5, 0.6) is 11.6 Å². The lowest BCUT2D eigenvalue weighted by Crippen LogP contribution is -2.34. The van der Waals surface area contributed by atoms with Crippen LogP contribution in [0.4, 0.5) is 34.9 Å². The fourth-order valence-electron chi connectivity index (χ4n) is 4.86. The average Bonchev–Trinajstić information content (AvgIpc) is 3.31. The molecule has 1 saturated heterocycles. The maximum Gasteiger partial charge on any atom is 0.416 e. The summed E-state index contributed by atoms with van der Waals surface area (Å²) in [5, 5.41) is 8.55. The minimum Gasteiger partial charge on any atom is -0.438 e. The van der Waals surface area contributed by atoms with Gasteiger partial charge in [0, 0.05) is 31.9 Å². The van der Waals surface area contributed by atoms with Crippen molar-refractivity contribution >= 4 is 23.2 Å². The van der Waals surface area contributed by atoms with Gasteiger partial charge in [-0.2, -0.15) is 18.2 Å². The van der Waals surface area contributed by atoms with Crippen LogP contribution in [-0.4, -0.2) is 63.5 Å². The van der Waals surface area contributed by atoms with Crippen LogP contribution in [-0.2, 0) is 6.18 Å². The summed E-state index contributed by atoms with van der Waals surface area (Å²) < 4.78 is 62.0. The number of benzene rings is 2. The number of likely N-dealkylation sites (tertiary alicyclic amines) is 1. The van der Waals surface area contributed by atoms with Crippen molar-refractivity contribution in [1.82, 2.24) is 24.8 Å². The SMILES string of the molecule is CNc1ncnc(-c2cccnc2Oc2cc(C(=O)Nc3cc(C(F)(F)F)ccc3NC3CCN(C)C3C)c(F)cc2C)n1. The molecule has 2 aromatic heterocycles. The highest BCUT2D eigenvalue weighted by Crippen LogP contribution is 2.36. The van der Waals surface area contributed by atoms with Crippen molar-refractivity contribution in [3.8, 4) is 23.0 Å². The number of halogens is 4. The molecule has 230 valence electrons. The predicted octanol–water partition coefficient (Wildman–Crippen LogP) is 5.99. The van der Waals surface area contributed by atoms with Crippen molar-refractivity contribution in [2.75, 3.05) is 36.6 Å². The summed E-state index contributed by atoms with van der Waals surface area (Å²) in [7, 11) is 3.61. The molecule has 0 radical (unpaired) electrons. The van der Waals surface area contributed by atoms with Gasteiger partial charge in [-0.25, -0.2) is 19.3 Å². The van der Waals surface area contributed by atoms with Crippen molar-refractivity contribution < 1.29 is 27.1 Å². The molecule has 1 aliphatic heterocycles. The number of nitrogens with one attached hydrogen (secondary N) is 3. The Morgan fingerprint density at radius 2 is 1.89 bits per heavy atom. The van der Waals surface area contributed by atoms with Gasteiger partial charge in [-0.15, -0.1) is 0 Å². The van der Waals surface area contributed by atoms with E-state index in [2.05, 4.69) is 40.8 Å². The highest BCUT2D eigenvalue weighted by molar-refractivity contribution is 6.06. The number of aromatic nitrogens is 4. The molecule has 10 nitrogen and oxygen atoms in total. The second-order valence-electron chi connectivity index (χ2n) is 10.4. The maximum absolute atomic E-state index is 15.2. The minimum absolute atomic E-state index is 0.0652. The molecule has 3 heterocycles. The number of ether oxygens (including phenoxy) is 1. The van der Waals surface area contributed by atoms with E-state index in [0.29, 0.717) is 22.8 Å². The minimum atomic E-state index is -4.65. The first-order valence-electron chi connectivity index (χ1n) is 13.7. The molecule has 2 aromatic carbocycles. The number of rotatable bonds is 8. The Morgan fingerprint density at radius 3 is 2.59 bits per heavy atom. The molecule has 3 N–H and O–H groups in total. The Labute approximate surface area is 250 Å². The predicted molar refractivity (Wildman–Crippen MR) is 157 cm³/mol. The Hall–Kier alpha value is -4.85. The summed E-state index contributed by atoms with van der Waals surface area (Å²) in [6, 6.07) is 8.71. The first-order chi connectivity index (χ1) is 20.9. The van der Waals surface area contributed by atoms with Gasteiger partial charge in [0.2, 0.25) is 11.8 Å². The van der Waals surface area contributed by atoms with E-state index in [1.54, 1.807) is 26.1 Å². The zero-order valence-electron chi connectivity index (χ0n) is 24.3. The molecule has 5 rings (SSSR count). The first kappa shape index (κ1) is 30.6. The standard InChI is InChI=1S/C30H30F4N8O2/c1-16-12-21(31)20(14-25(16)44-28-19(6-5-10-36-28)26-37-15-38-29(35-3)41-26)27(43)40-24-13-18(30(32,33)34)7-8-23(24)39-22-9-11-42(4)17(22)2/h5-8,10,12-15,17,22,39H,9,11H2,1-4H3,(H,40,43)(H,35,37,38,41). The summed E-state index contributed by atoms with van der Waals surface area (Å²) in [5.41, 5.74) is -0.463. The van der Waals surface area contributed by atoms with Crippen LogP contribution in [0, 0.1) is 12.7 Å². The Bertz CT molecular complexity index is 1680. The molecule has 0 saturated carbocycles. The Morgan fingerprint density at radius 1 is 1.09 bits per heavy atom. The molecule has 14 heteroatoms. The zero-order valence-corrected chi connectivity index (χ0v) is 24.3. The Balaban J connectivity index is 1.46. The molecular weight excluding hydrogens is 580 g/mol. The molecule has 1 aliphatic rings. The van der Waals surface area contributed by atoms with Crippen LogP contribution in [0.15, 0.2) is 55.0 Å². The number of alkyl halides is 3. The number of pyridine rings is 1. The third-order valence-electron chi connectivity index (χ3n) is 7.53. The first-order valence-corrected chi connectivity index (χ1v) is 13.7. The number of nitrogens with zero attached hydrogens (tertiary/aromatic N) is 5. The van der Waals surface area contributed by atoms with Gasteiger partial charge in [-0.05, 0) is 75.3 Å². The van der Waals surface area contributed by atoms with Crippen LogP contribution in [0.25, 0.3) is 11.4 Å². The lowest BCUT2D eigenvalue weighted by molar-refractivity contribution is -0.137. The van der Waals surface area contributed by atoms with E-state index < -0.39 is 29.0 Å². The average molecular weight is 611 g/mol. The van der Waals surface area contributed by atoms with Gasteiger partial charge in [0.25, 0.3) is 5.91 Å². The zero-order chi connectivity index (χ0) is 31.6. The maximum atomic E-state index is 15.2. The fraction of sp³-hybridized carbons (Fsp3) is 0.300. The van der Waals surface area contributed by atoms with Crippen molar-refractivity contribution in [3.63, 3.8) is 0 Å². The number of hydrogen-bond acceptors (Lipinski definition) is 9. The number of hydrogen-bond donors (Lipinski definition) is 3. The largest absolute Gasteiger partial charge is 0.438 e. The lowest BCUT2D eigenvalue weighted by atomic mass is 10.1. The molecule has 0 spiro atoms. The molecule has 1 fully saturated rings. The summed E-state index contributed by atoms with van der Waals surface area (Å²) in [6.45, 7) is 4.39. The van der Waals surface area contributed by atoms with E-state index in [0.717, 1.165) is 31.2 Å². The molecule has 4 aromatic rings. The topological polar surface area (TPSA) is 117 Å². The molecule has 1 amide bonds. The van der Waals surface area contributed by atoms with Crippen molar-refractivity contribution in [2.45, 2.75) is 38.5 Å². The second kappa shape index (κ2) is 12.4. The number of amides is 1. The van der Waals surface area contributed by atoms with E-state index in [1.807, 2.05) is 14.0 Å². The second-order valence-corrected chi connectivity index (χ2v) is 10.4. The van der Waals surface area contributed by atoms with Gasteiger partial charge in [-0.1, -0.05) is 0 Å². The van der Waals surface area contributed by atoms with E-state index in [4.69, 9.17) is 4.74 Å². The summed E-state index contributed by atoms with van der Waals surface area (Å²) in [6.07, 6.45) is -1.09. The number of likely N-dealkylation sites (N-methyl/N-ethyl adjacent to an activating group) is 1. The molecule has 0 aliphatic carbocycles. The fourth-order valence-corrected chi connectivity index (χ4v) is 4.86. The lowest BCUT2D eigenvalue weighted by Gasteiger charge is -2.24. The monoisotopic (exact) mass is 610 g/mol. The van der Waals surface area contributed by atoms with Gasteiger partial charge in [0.05, 0.1) is 28.1 Å². The molecule has 2 unspecified atom stereocenters. The third-order valence-corrected chi connectivity index (χ3v) is 7.53. The van der Waals surface area contributed by atoms with Crippen LogP contribution < -0.4 is 20.7 Å². The van der Waals surface area contributed by atoms with Crippen LogP contribution in [0.3, 0.4) is 0 Å². The van der Waals surface area contributed by atoms with Gasteiger partial charge in [-0.3, -0.25) is 4.79 Å². The van der Waals surface area contributed by atoms with E-state index in [1.165, 1.54) is 24.7 Å². The van der Waals surface area contributed by atoms with Crippen molar-refractivity contribution in [2.24, 2.45) is 0 Å². The summed E-state index contributed by atoms with van der Waals surface area (Å²) in [5.74, 6) is -1.07. The van der Waals surface area contributed by atoms with Gasteiger partial charge >= 0.3 is 6.18 Å². The van der Waals surface area contributed by atoms with E-state index in [-0.39, 0.29) is 35.2 Å².